The van der Waals surface area contributed by atoms with E-state index in [2.05, 4.69) is 5.10 Å². The Kier molecular flexibility index (Phi) is 4.16. The minimum atomic E-state index is 0.181. The van der Waals surface area contributed by atoms with E-state index in [1.165, 1.54) is 0 Å². The van der Waals surface area contributed by atoms with Crippen molar-refractivity contribution in [1.29, 1.82) is 0 Å². The number of nitrogens with zero attached hydrogens (tertiary/aromatic N) is 2. The summed E-state index contributed by atoms with van der Waals surface area (Å²) >= 11 is 1.55. The number of carbonyl (C=O) groups is 1. The summed E-state index contributed by atoms with van der Waals surface area (Å²) in [5.41, 5.74) is 1.42. The molecule has 0 spiro atoms. The van der Waals surface area contributed by atoms with E-state index in [0.717, 1.165) is 29.2 Å². The first-order valence-electron chi connectivity index (χ1n) is 4.43. The van der Waals surface area contributed by atoms with Crippen LogP contribution in [0.5, 0.6) is 0 Å². The lowest BCUT2D eigenvalue weighted by molar-refractivity contribution is 0.112. The number of hydrogen-bond donors (Lipinski definition) is 1. The van der Waals surface area contributed by atoms with Crippen LogP contribution >= 0.6 is 11.8 Å². The van der Waals surface area contributed by atoms with E-state index in [0.29, 0.717) is 5.56 Å². The van der Waals surface area contributed by atoms with Crippen molar-refractivity contribution in [3.8, 4) is 0 Å². The van der Waals surface area contributed by atoms with Crippen molar-refractivity contribution in [2.24, 2.45) is 7.05 Å². The number of aryl methyl sites for hydroxylation is 2. The van der Waals surface area contributed by atoms with Gasteiger partial charge >= 0.3 is 0 Å². The Hall–Kier alpha value is -0.810. The quantitative estimate of drug-likeness (QED) is 0.451. The summed E-state index contributed by atoms with van der Waals surface area (Å²) in [6, 6.07) is 0. The van der Waals surface area contributed by atoms with Crippen LogP contribution in [0.15, 0.2) is 5.03 Å². The third kappa shape index (κ3) is 2.36. The zero-order chi connectivity index (χ0) is 10.6. The molecule has 78 valence electrons. The van der Waals surface area contributed by atoms with Crippen molar-refractivity contribution < 1.29 is 9.90 Å². The molecule has 0 aliphatic rings. The van der Waals surface area contributed by atoms with Crippen molar-refractivity contribution in [2.75, 3.05) is 12.4 Å². The van der Waals surface area contributed by atoms with Crippen molar-refractivity contribution in [2.45, 2.75) is 18.4 Å². The zero-order valence-corrected chi connectivity index (χ0v) is 9.17. The van der Waals surface area contributed by atoms with E-state index < -0.39 is 0 Å². The lowest BCUT2D eigenvalue weighted by atomic mass is 10.3. The van der Waals surface area contributed by atoms with Gasteiger partial charge in [-0.2, -0.15) is 5.10 Å². The highest BCUT2D eigenvalue weighted by Crippen LogP contribution is 2.23. The first-order valence-corrected chi connectivity index (χ1v) is 5.41. The Labute approximate surface area is 87.3 Å². The van der Waals surface area contributed by atoms with Crippen molar-refractivity contribution in [3.63, 3.8) is 0 Å². The predicted octanol–water partition coefficient (Wildman–Crippen LogP) is 1.02. The number of aliphatic hydroxyl groups excluding tert-OH is 1. The Bertz CT molecular complexity index is 323. The van der Waals surface area contributed by atoms with Crippen LogP contribution in [0.25, 0.3) is 0 Å². The van der Waals surface area contributed by atoms with Crippen LogP contribution in [0.1, 0.15) is 22.5 Å². The fourth-order valence-electron chi connectivity index (χ4n) is 1.19. The maximum atomic E-state index is 10.8. The number of hydrogen-bond acceptors (Lipinski definition) is 4. The Morgan fingerprint density at radius 1 is 1.64 bits per heavy atom. The summed E-state index contributed by atoms with van der Waals surface area (Å²) in [6.45, 7) is 2.00. The minimum absolute atomic E-state index is 0.181. The second-order valence-corrected chi connectivity index (χ2v) is 4.05. The summed E-state index contributed by atoms with van der Waals surface area (Å²) in [4.78, 5) is 10.8. The highest BCUT2D eigenvalue weighted by atomic mass is 32.2. The maximum absolute atomic E-state index is 10.8. The number of aldehydes is 1. The summed E-state index contributed by atoms with van der Waals surface area (Å²) in [5.74, 6) is 0.802. The standard InChI is InChI=1S/C9H14N2O2S/c1-7-8(6-13)9(11(2)10-7)14-5-3-4-12/h6,12H,3-5H2,1-2H3. The molecule has 1 aromatic rings. The lowest BCUT2D eigenvalue weighted by Gasteiger charge is -2.01. The van der Waals surface area contributed by atoms with Crippen LogP contribution in [-0.2, 0) is 7.05 Å². The molecule has 0 fully saturated rings. The van der Waals surface area contributed by atoms with Gasteiger partial charge in [0.1, 0.15) is 5.03 Å². The van der Waals surface area contributed by atoms with E-state index in [9.17, 15) is 4.79 Å². The van der Waals surface area contributed by atoms with Gasteiger partial charge in [-0.25, -0.2) is 0 Å². The fraction of sp³-hybridized carbons (Fsp3) is 0.556. The average molecular weight is 214 g/mol. The number of rotatable bonds is 5. The number of aliphatic hydroxyl groups is 1. The summed E-state index contributed by atoms with van der Waals surface area (Å²) in [6.07, 6.45) is 1.57. The van der Waals surface area contributed by atoms with Crippen molar-refractivity contribution in [3.05, 3.63) is 11.3 Å². The van der Waals surface area contributed by atoms with E-state index in [4.69, 9.17) is 5.11 Å². The Balaban J connectivity index is 2.78. The highest BCUT2D eigenvalue weighted by Gasteiger charge is 2.12. The molecule has 1 N–H and O–H groups in total. The van der Waals surface area contributed by atoms with Gasteiger partial charge in [-0.05, 0) is 13.3 Å². The molecule has 0 aromatic carbocycles. The molecule has 1 heterocycles. The van der Waals surface area contributed by atoms with Crippen LogP contribution in [0.2, 0.25) is 0 Å². The Morgan fingerprint density at radius 2 is 2.36 bits per heavy atom. The molecule has 0 saturated carbocycles. The Morgan fingerprint density at radius 3 is 2.93 bits per heavy atom. The van der Waals surface area contributed by atoms with Crippen LogP contribution in [0.3, 0.4) is 0 Å². The third-order valence-electron chi connectivity index (χ3n) is 1.87. The largest absolute Gasteiger partial charge is 0.396 e. The van der Waals surface area contributed by atoms with Gasteiger partial charge in [0.05, 0.1) is 11.3 Å². The monoisotopic (exact) mass is 214 g/mol. The molecule has 0 aliphatic heterocycles. The van der Waals surface area contributed by atoms with Gasteiger partial charge in [-0.3, -0.25) is 9.48 Å². The van der Waals surface area contributed by atoms with E-state index >= 15 is 0 Å². The molecule has 14 heavy (non-hydrogen) atoms. The van der Waals surface area contributed by atoms with Crippen LogP contribution in [0, 0.1) is 6.92 Å². The third-order valence-corrected chi connectivity index (χ3v) is 3.12. The molecule has 0 bridgehead atoms. The molecule has 0 amide bonds. The van der Waals surface area contributed by atoms with Crippen LogP contribution in [0.4, 0.5) is 0 Å². The van der Waals surface area contributed by atoms with Crippen molar-refractivity contribution >= 4 is 18.0 Å². The molecule has 0 aliphatic carbocycles. The molecule has 0 saturated heterocycles. The molecule has 4 nitrogen and oxygen atoms in total. The second kappa shape index (κ2) is 5.17. The molecule has 0 radical (unpaired) electrons. The molecule has 0 unspecified atom stereocenters. The van der Waals surface area contributed by atoms with E-state index in [-0.39, 0.29) is 6.61 Å². The topological polar surface area (TPSA) is 55.1 Å². The molecule has 0 atom stereocenters. The number of aromatic nitrogens is 2. The smallest absolute Gasteiger partial charge is 0.154 e. The van der Waals surface area contributed by atoms with Gasteiger partial charge in [-0.1, -0.05) is 0 Å². The van der Waals surface area contributed by atoms with Gasteiger partial charge in [-0.15, -0.1) is 11.8 Å². The SMILES string of the molecule is Cc1nn(C)c(SCCCO)c1C=O. The van der Waals surface area contributed by atoms with Crippen LogP contribution in [-0.4, -0.2) is 33.5 Å². The van der Waals surface area contributed by atoms with E-state index in [1.54, 1.807) is 16.4 Å². The first kappa shape index (κ1) is 11.3. The number of carbonyl (C=O) groups excluding carboxylic acids is 1. The zero-order valence-electron chi connectivity index (χ0n) is 8.36. The number of thioether (sulfide) groups is 1. The summed E-state index contributed by atoms with van der Waals surface area (Å²) in [5, 5.41) is 13.7. The first-order chi connectivity index (χ1) is 6.70. The van der Waals surface area contributed by atoms with E-state index in [1.807, 2.05) is 14.0 Å². The molecule has 1 aromatic heterocycles. The van der Waals surface area contributed by atoms with Gasteiger partial charge in [0.15, 0.2) is 6.29 Å². The maximum Gasteiger partial charge on any atom is 0.154 e. The lowest BCUT2D eigenvalue weighted by Crippen LogP contribution is -1.95. The average Bonchev–Trinajstić information content (AvgIpc) is 2.42. The predicted molar refractivity (Wildman–Crippen MR) is 55.8 cm³/mol. The second-order valence-electron chi connectivity index (χ2n) is 2.97. The van der Waals surface area contributed by atoms with Gasteiger partial charge in [0, 0.05) is 19.4 Å². The fourth-order valence-corrected chi connectivity index (χ4v) is 2.24. The summed E-state index contributed by atoms with van der Waals surface area (Å²) < 4.78 is 1.71. The van der Waals surface area contributed by atoms with Gasteiger partial charge in [0.2, 0.25) is 0 Å². The molecular weight excluding hydrogens is 200 g/mol. The highest BCUT2D eigenvalue weighted by molar-refractivity contribution is 7.99. The summed E-state index contributed by atoms with van der Waals surface area (Å²) in [7, 11) is 1.82. The molecule has 1 rings (SSSR count). The normalized spacial score (nSPS) is 10.5. The van der Waals surface area contributed by atoms with Crippen LogP contribution < -0.4 is 0 Å². The minimum Gasteiger partial charge on any atom is -0.396 e. The molecular formula is C9H14N2O2S. The molecule has 5 heteroatoms. The van der Waals surface area contributed by atoms with Gasteiger partial charge < -0.3 is 5.11 Å². The van der Waals surface area contributed by atoms with Gasteiger partial charge in [0.25, 0.3) is 0 Å². The van der Waals surface area contributed by atoms with Crippen molar-refractivity contribution in [1.82, 2.24) is 9.78 Å².